The largest absolute Gasteiger partial charge is 0.384 e. The molecule has 1 aromatic carbocycles. The number of hydrogen-bond donors (Lipinski definition) is 1. The zero-order valence-corrected chi connectivity index (χ0v) is 16.5. The fourth-order valence-corrected chi connectivity index (χ4v) is 4.86. The predicted octanol–water partition coefficient (Wildman–Crippen LogP) is 2.38. The summed E-state index contributed by atoms with van der Waals surface area (Å²) in [4.78, 5) is 23.5. The van der Waals surface area contributed by atoms with E-state index in [9.17, 15) is 4.79 Å². The molecule has 7 heteroatoms. The summed E-state index contributed by atoms with van der Waals surface area (Å²) in [7, 11) is 0. The van der Waals surface area contributed by atoms with Gasteiger partial charge in [-0.2, -0.15) is 5.26 Å². The Morgan fingerprint density at radius 1 is 1.13 bits per heavy atom. The highest BCUT2D eigenvalue weighted by molar-refractivity contribution is 5.61. The number of pyridine rings is 1. The van der Waals surface area contributed by atoms with Gasteiger partial charge in [-0.25, -0.2) is 9.97 Å². The number of anilines is 1. The van der Waals surface area contributed by atoms with Crippen LogP contribution >= 0.6 is 0 Å². The van der Waals surface area contributed by atoms with Crippen LogP contribution in [-0.2, 0) is 13.1 Å². The molecule has 5 rings (SSSR count). The van der Waals surface area contributed by atoms with Gasteiger partial charge in [0.25, 0.3) is 5.56 Å². The van der Waals surface area contributed by atoms with Crippen molar-refractivity contribution in [1.82, 2.24) is 19.4 Å². The minimum atomic E-state index is 0.0181. The molecular weight excluding hydrogens is 376 g/mol. The Hall–Kier alpha value is -3.50. The van der Waals surface area contributed by atoms with Gasteiger partial charge in [0.1, 0.15) is 12.1 Å². The Labute approximate surface area is 174 Å². The van der Waals surface area contributed by atoms with Crippen molar-refractivity contribution in [2.24, 2.45) is 5.92 Å². The smallest absolute Gasteiger partial charge is 0.251 e. The van der Waals surface area contributed by atoms with Gasteiger partial charge in [0.05, 0.1) is 17.3 Å². The number of nitrogens with zero attached hydrogens (tertiary/aromatic N) is 5. The Morgan fingerprint density at radius 3 is 2.87 bits per heavy atom. The van der Waals surface area contributed by atoms with Crippen LogP contribution in [0.5, 0.6) is 0 Å². The maximum absolute atomic E-state index is 12.9. The van der Waals surface area contributed by atoms with Crippen LogP contribution in [0.15, 0.2) is 53.6 Å². The highest BCUT2D eigenvalue weighted by Crippen LogP contribution is 2.37. The van der Waals surface area contributed by atoms with Crippen LogP contribution in [0.4, 0.5) is 5.82 Å². The second kappa shape index (κ2) is 7.39. The van der Waals surface area contributed by atoms with E-state index in [1.54, 1.807) is 12.1 Å². The lowest BCUT2D eigenvalue weighted by Crippen LogP contribution is -2.46. The Bertz CT molecular complexity index is 1210. The lowest BCUT2D eigenvalue weighted by Gasteiger charge is -2.43. The number of rotatable bonds is 3. The number of piperidine rings is 1. The molecule has 4 heterocycles. The van der Waals surface area contributed by atoms with Crippen molar-refractivity contribution in [1.29, 1.82) is 5.26 Å². The summed E-state index contributed by atoms with van der Waals surface area (Å²) in [6.07, 6.45) is 2.51. The average molecular weight is 398 g/mol. The molecular formula is C23H22N6O. The molecule has 30 heavy (non-hydrogen) atoms. The second-order valence-electron chi connectivity index (χ2n) is 8.25. The van der Waals surface area contributed by atoms with E-state index in [4.69, 9.17) is 11.0 Å². The first-order chi connectivity index (χ1) is 14.6. The van der Waals surface area contributed by atoms with Crippen molar-refractivity contribution >= 4 is 5.82 Å². The average Bonchev–Trinajstić information content (AvgIpc) is 2.74. The van der Waals surface area contributed by atoms with E-state index in [-0.39, 0.29) is 5.56 Å². The summed E-state index contributed by atoms with van der Waals surface area (Å²) in [5.74, 6) is 1.14. The minimum absolute atomic E-state index is 0.0181. The van der Waals surface area contributed by atoms with E-state index >= 15 is 0 Å². The number of likely N-dealkylation sites (tertiary alicyclic amines) is 1. The van der Waals surface area contributed by atoms with Gasteiger partial charge in [-0.15, -0.1) is 0 Å². The molecule has 0 spiro atoms. The SMILES string of the molecule is N#Cc1cccc(CN2C[C@@H]3C[C@H](C2)c2cc(-c4cc(N)ncn4)cc(=O)n2C3)c1. The molecule has 150 valence electrons. The standard InChI is InChI=1S/C23H22N6O/c24-9-15-2-1-3-16(4-15)10-28-11-17-5-19(13-28)21-6-18(7-23(30)29(21)12-17)20-8-22(25)27-14-26-20/h1-4,6-8,14,17,19H,5,10-13H2,(H2,25,26,27)/t17-,19+/m0/s1. The number of aromatic nitrogens is 3. The van der Waals surface area contributed by atoms with E-state index in [1.807, 2.05) is 22.8 Å². The van der Waals surface area contributed by atoms with Crippen molar-refractivity contribution in [3.05, 3.63) is 76.0 Å². The number of nitrogen functional groups attached to an aromatic ring is 1. The van der Waals surface area contributed by atoms with E-state index in [0.717, 1.165) is 49.4 Å². The third kappa shape index (κ3) is 3.46. The number of fused-ring (bicyclic) bond motifs is 4. The molecule has 1 saturated heterocycles. The van der Waals surface area contributed by atoms with Crippen LogP contribution in [0.1, 0.15) is 29.2 Å². The minimum Gasteiger partial charge on any atom is -0.384 e. The summed E-state index contributed by atoms with van der Waals surface area (Å²) in [6.45, 7) is 3.41. The highest BCUT2D eigenvalue weighted by atomic mass is 16.1. The molecule has 0 unspecified atom stereocenters. The van der Waals surface area contributed by atoms with Gasteiger partial charge in [0.2, 0.25) is 0 Å². The van der Waals surface area contributed by atoms with Crippen LogP contribution < -0.4 is 11.3 Å². The second-order valence-corrected chi connectivity index (χ2v) is 8.25. The van der Waals surface area contributed by atoms with Crippen LogP contribution in [0.2, 0.25) is 0 Å². The van der Waals surface area contributed by atoms with Crippen molar-refractivity contribution in [3.63, 3.8) is 0 Å². The first-order valence-corrected chi connectivity index (χ1v) is 10.1. The van der Waals surface area contributed by atoms with E-state index in [2.05, 4.69) is 33.1 Å². The van der Waals surface area contributed by atoms with Gasteiger partial charge in [0, 0.05) is 55.5 Å². The van der Waals surface area contributed by atoms with Crippen molar-refractivity contribution in [2.45, 2.75) is 25.4 Å². The Morgan fingerprint density at radius 2 is 2.03 bits per heavy atom. The monoisotopic (exact) mass is 398 g/mol. The molecule has 0 saturated carbocycles. The summed E-state index contributed by atoms with van der Waals surface area (Å²) in [5.41, 5.74) is 10.2. The number of nitriles is 1. The molecule has 2 aliphatic heterocycles. The molecule has 0 aliphatic carbocycles. The lowest BCUT2D eigenvalue weighted by molar-refractivity contribution is 0.114. The normalized spacial score (nSPS) is 20.4. The molecule has 2 atom stereocenters. The molecule has 0 radical (unpaired) electrons. The molecule has 1 fully saturated rings. The Balaban J connectivity index is 1.45. The van der Waals surface area contributed by atoms with Crippen LogP contribution in [-0.4, -0.2) is 32.5 Å². The fourth-order valence-electron chi connectivity index (χ4n) is 4.86. The van der Waals surface area contributed by atoms with E-state index < -0.39 is 0 Å². The van der Waals surface area contributed by atoms with Gasteiger partial charge in [-0.1, -0.05) is 12.1 Å². The number of nitrogens with two attached hydrogens (primary N) is 1. The summed E-state index contributed by atoms with van der Waals surface area (Å²) in [5, 5.41) is 9.16. The van der Waals surface area contributed by atoms with Crippen molar-refractivity contribution in [3.8, 4) is 17.3 Å². The van der Waals surface area contributed by atoms with Gasteiger partial charge < -0.3 is 10.3 Å². The summed E-state index contributed by atoms with van der Waals surface area (Å²) < 4.78 is 1.93. The lowest BCUT2D eigenvalue weighted by atomic mass is 9.82. The predicted molar refractivity (Wildman–Crippen MR) is 113 cm³/mol. The molecule has 0 amide bonds. The summed E-state index contributed by atoms with van der Waals surface area (Å²) in [6, 6.07) is 15.5. The topological polar surface area (TPSA) is 101 Å². The highest BCUT2D eigenvalue weighted by Gasteiger charge is 2.35. The first kappa shape index (κ1) is 18.5. The van der Waals surface area contributed by atoms with Gasteiger partial charge in [-0.3, -0.25) is 9.69 Å². The summed E-state index contributed by atoms with van der Waals surface area (Å²) >= 11 is 0. The van der Waals surface area contributed by atoms with E-state index in [1.165, 1.54) is 6.33 Å². The maximum Gasteiger partial charge on any atom is 0.251 e. The van der Waals surface area contributed by atoms with Gasteiger partial charge in [0.15, 0.2) is 0 Å². The van der Waals surface area contributed by atoms with Crippen LogP contribution in [0.25, 0.3) is 11.3 Å². The van der Waals surface area contributed by atoms with Crippen LogP contribution in [0, 0.1) is 17.2 Å². The molecule has 2 aliphatic rings. The number of hydrogen-bond acceptors (Lipinski definition) is 6. The molecule has 2 N–H and O–H groups in total. The molecule has 2 aromatic heterocycles. The third-order valence-corrected chi connectivity index (χ3v) is 6.08. The van der Waals surface area contributed by atoms with Crippen molar-refractivity contribution in [2.75, 3.05) is 18.8 Å². The maximum atomic E-state index is 12.9. The van der Waals surface area contributed by atoms with Gasteiger partial charge in [-0.05, 0) is 36.1 Å². The zero-order valence-electron chi connectivity index (χ0n) is 16.5. The van der Waals surface area contributed by atoms with E-state index in [0.29, 0.717) is 28.9 Å². The Kier molecular flexibility index (Phi) is 4.57. The van der Waals surface area contributed by atoms with Crippen molar-refractivity contribution < 1.29 is 0 Å². The molecule has 3 aromatic rings. The fraction of sp³-hybridized carbons (Fsp3) is 0.304. The zero-order chi connectivity index (χ0) is 20.7. The quantitative estimate of drug-likeness (QED) is 0.727. The van der Waals surface area contributed by atoms with Crippen LogP contribution in [0.3, 0.4) is 0 Å². The molecule has 7 nitrogen and oxygen atoms in total. The number of benzene rings is 1. The molecule has 2 bridgehead atoms. The first-order valence-electron chi connectivity index (χ1n) is 10.1. The van der Waals surface area contributed by atoms with Gasteiger partial charge >= 0.3 is 0 Å². The third-order valence-electron chi connectivity index (χ3n) is 6.08.